The fourth-order valence-electron chi connectivity index (χ4n) is 2.45. The fraction of sp³-hybridized carbons (Fsp3) is 0.222. The summed E-state index contributed by atoms with van der Waals surface area (Å²) in [6.07, 6.45) is 1.06. The number of rotatable bonds is 5. The topological polar surface area (TPSA) is 29.5 Å². The summed E-state index contributed by atoms with van der Waals surface area (Å²) in [6.45, 7) is 2.70. The van der Waals surface area contributed by atoms with E-state index in [0.29, 0.717) is 6.61 Å². The molecule has 0 saturated carbocycles. The maximum absolute atomic E-state index is 9.68. The largest absolute Gasteiger partial charge is 0.488 e. The van der Waals surface area contributed by atoms with Crippen molar-refractivity contribution in [1.82, 2.24) is 0 Å². The Bertz CT molecular complexity index is 746. The van der Waals surface area contributed by atoms with Crippen LogP contribution in [0.1, 0.15) is 22.2 Å². The highest BCUT2D eigenvalue weighted by atomic mass is 32.1. The van der Waals surface area contributed by atoms with Crippen molar-refractivity contribution in [2.45, 2.75) is 26.6 Å². The molecular weight excluding hydrogens is 280 g/mol. The number of thiophene rings is 1. The van der Waals surface area contributed by atoms with Gasteiger partial charge in [0.25, 0.3) is 0 Å². The number of fused-ring (bicyclic) bond motifs is 1. The predicted octanol–water partition coefficient (Wildman–Crippen LogP) is 4.54. The van der Waals surface area contributed by atoms with E-state index in [0.717, 1.165) is 28.5 Å². The summed E-state index contributed by atoms with van der Waals surface area (Å²) in [5.74, 6) is 0.766. The van der Waals surface area contributed by atoms with Crippen LogP contribution in [0.2, 0.25) is 0 Å². The zero-order valence-corrected chi connectivity index (χ0v) is 12.8. The minimum atomic E-state index is -0.0126. The Morgan fingerprint density at radius 2 is 1.81 bits per heavy atom. The van der Waals surface area contributed by atoms with Crippen LogP contribution in [0, 0.1) is 0 Å². The average Bonchev–Trinajstić information content (AvgIpc) is 3.00. The lowest BCUT2D eigenvalue weighted by atomic mass is 10.0. The van der Waals surface area contributed by atoms with Gasteiger partial charge in [0.2, 0.25) is 0 Å². The van der Waals surface area contributed by atoms with Crippen LogP contribution in [0.3, 0.4) is 0 Å². The van der Waals surface area contributed by atoms with Crippen molar-refractivity contribution < 1.29 is 9.84 Å². The van der Waals surface area contributed by atoms with Gasteiger partial charge in [-0.1, -0.05) is 37.3 Å². The Hall–Kier alpha value is -1.84. The molecule has 1 N–H and O–H groups in total. The summed E-state index contributed by atoms with van der Waals surface area (Å²) in [5, 5.41) is 11.9. The molecule has 0 unspecified atom stereocenters. The molecule has 3 aromatic rings. The van der Waals surface area contributed by atoms with Crippen LogP contribution in [0.25, 0.3) is 10.8 Å². The molecule has 21 heavy (non-hydrogen) atoms. The third-order valence-electron chi connectivity index (χ3n) is 3.59. The molecule has 0 amide bonds. The summed E-state index contributed by atoms with van der Waals surface area (Å²) in [6, 6.07) is 16.3. The van der Waals surface area contributed by atoms with Gasteiger partial charge >= 0.3 is 0 Å². The predicted molar refractivity (Wildman–Crippen MR) is 87.9 cm³/mol. The second-order valence-electron chi connectivity index (χ2n) is 4.93. The number of hydrogen-bond acceptors (Lipinski definition) is 3. The van der Waals surface area contributed by atoms with Gasteiger partial charge in [-0.25, -0.2) is 0 Å². The van der Waals surface area contributed by atoms with Gasteiger partial charge in [0.15, 0.2) is 0 Å². The van der Waals surface area contributed by atoms with E-state index in [1.54, 1.807) is 11.3 Å². The van der Waals surface area contributed by atoms with Gasteiger partial charge in [0.1, 0.15) is 12.4 Å². The second kappa shape index (κ2) is 6.29. The van der Waals surface area contributed by atoms with E-state index >= 15 is 0 Å². The monoisotopic (exact) mass is 298 g/mol. The van der Waals surface area contributed by atoms with Crippen LogP contribution in [0.4, 0.5) is 0 Å². The molecule has 0 bridgehead atoms. The molecule has 2 nitrogen and oxygen atoms in total. The number of aryl methyl sites for hydroxylation is 1. The number of aliphatic hydroxyl groups excluding tert-OH is 1. The Labute approximate surface area is 128 Å². The standard InChI is InChI=1S/C18H18O2S/c1-2-14-8-9-15(21-14)12-20-18-10-7-13-5-3-4-6-16(13)17(18)11-19/h3-10,19H,2,11-12H2,1H3. The minimum Gasteiger partial charge on any atom is -0.488 e. The zero-order chi connectivity index (χ0) is 14.7. The van der Waals surface area contributed by atoms with E-state index in [1.807, 2.05) is 36.4 Å². The molecule has 0 fully saturated rings. The molecular formula is C18H18O2S. The molecule has 3 rings (SSSR count). The lowest BCUT2D eigenvalue weighted by molar-refractivity contribution is 0.262. The van der Waals surface area contributed by atoms with Crippen LogP contribution < -0.4 is 4.74 Å². The number of benzene rings is 2. The smallest absolute Gasteiger partial charge is 0.126 e. The first-order chi connectivity index (χ1) is 10.3. The molecule has 2 aromatic carbocycles. The van der Waals surface area contributed by atoms with Gasteiger partial charge < -0.3 is 9.84 Å². The quantitative estimate of drug-likeness (QED) is 0.749. The Morgan fingerprint density at radius 1 is 1.00 bits per heavy atom. The van der Waals surface area contributed by atoms with Crippen molar-refractivity contribution in [2.24, 2.45) is 0 Å². The highest BCUT2D eigenvalue weighted by Crippen LogP contribution is 2.29. The summed E-state index contributed by atoms with van der Waals surface area (Å²) in [7, 11) is 0. The van der Waals surface area contributed by atoms with Gasteiger partial charge in [-0.2, -0.15) is 0 Å². The van der Waals surface area contributed by atoms with E-state index in [1.165, 1.54) is 9.75 Å². The Morgan fingerprint density at radius 3 is 2.57 bits per heavy atom. The lowest BCUT2D eigenvalue weighted by Gasteiger charge is -2.12. The van der Waals surface area contributed by atoms with Gasteiger partial charge in [-0.15, -0.1) is 11.3 Å². The first-order valence-corrected chi connectivity index (χ1v) is 7.95. The molecule has 0 aliphatic rings. The number of ether oxygens (including phenoxy) is 1. The highest BCUT2D eigenvalue weighted by molar-refractivity contribution is 7.11. The van der Waals surface area contributed by atoms with E-state index in [4.69, 9.17) is 4.74 Å². The van der Waals surface area contributed by atoms with E-state index in [9.17, 15) is 5.11 Å². The first kappa shape index (κ1) is 14.1. The van der Waals surface area contributed by atoms with Crippen molar-refractivity contribution in [1.29, 1.82) is 0 Å². The molecule has 0 aliphatic carbocycles. The molecule has 0 radical (unpaired) electrons. The molecule has 0 saturated heterocycles. The van der Waals surface area contributed by atoms with Gasteiger partial charge in [0.05, 0.1) is 6.61 Å². The van der Waals surface area contributed by atoms with Gasteiger partial charge in [-0.05, 0) is 35.4 Å². The zero-order valence-electron chi connectivity index (χ0n) is 12.0. The molecule has 108 valence electrons. The maximum Gasteiger partial charge on any atom is 0.126 e. The fourth-order valence-corrected chi connectivity index (χ4v) is 3.32. The summed E-state index contributed by atoms with van der Waals surface area (Å²) < 4.78 is 5.93. The van der Waals surface area contributed by atoms with E-state index < -0.39 is 0 Å². The van der Waals surface area contributed by atoms with Crippen molar-refractivity contribution in [3.63, 3.8) is 0 Å². The van der Waals surface area contributed by atoms with E-state index in [2.05, 4.69) is 19.1 Å². The van der Waals surface area contributed by atoms with Crippen molar-refractivity contribution in [3.05, 3.63) is 63.8 Å². The number of aliphatic hydroxyl groups is 1. The van der Waals surface area contributed by atoms with Crippen molar-refractivity contribution in [2.75, 3.05) is 0 Å². The van der Waals surface area contributed by atoms with Gasteiger partial charge in [-0.3, -0.25) is 0 Å². The van der Waals surface area contributed by atoms with Crippen molar-refractivity contribution in [3.8, 4) is 5.75 Å². The molecule has 0 aliphatic heterocycles. The van der Waals surface area contributed by atoms with E-state index in [-0.39, 0.29) is 6.61 Å². The summed E-state index contributed by atoms with van der Waals surface area (Å²) in [5.41, 5.74) is 0.861. The Kier molecular flexibility index (Phi) is 4.23. The lowest BCUT2D eigenvalue weighted by Crippen LogP contribution is -1.98. The first-order valence-electron chi connectivity index (χ1n) is 7.13. The summed E-state index contributed by atoms with van der Waals surface area (Å²) in [4.78, 5) is 2.58. The minimum absolute atomic E-state index is 0.0126. The van der Waals surface area contributed by atoms with Crippen LogP contribution in [0.5, 0.6) is 5.75 Å². The molecule has 0 atom stereocenters. The second-order valence-corrected chi connectivity index (χ2v) is 6.18. The molecule has 3 heteroatoms. The number of hydrogen-bond donors (Lipinski definition) is 1. The van der Waals surface area contributed by atoms with Crippen molar-refractivity contribution >= 4 is 22.1 Å². The molecule has 1 heterocycles. The van der Waals surface area contributed by atoms with Crippen LogP contribution in [-0.4, -0.2) is 5.11 Å². The summed E-state index contributed by atoms with van der Waals surface area (Å²) >= 11 is 1.78. The third-order valence-corrected chi connectivity index (χ3v) is 4.79. The SMILES string of the molecule is CCc1ccc(COc2ccc3ccccc3c2CO)s1. The van der Waals surface area contributed by atoms with Crippen LogP contribution in [-0.2, 0) is 19.6 Å². The highest BCUT2D eigenvalue weighted by Gasteiger charge is 2.08. The normalized spacial score (nSPS) is 11.0. The van der Waals surface area contributed by atoms with Gasteiger partial charge in [0, 0.05) is 15.3 Å². The van der Waals surface area contributed by atoms with Crippen LogP contribution >= 0.6 is 11.3 Å². The maximum atomic E-state index is 9.68. The van der Waals surface area contributed by atoms with Crippen LogP contribution in [0.15, 0.2) is 48.5 Å². The average molecular weight is 298 g/mol. The third kappa shape index (κ3) is 2.94. The Balaban J connectivity index is 1.86. The molecule has 0 spiro atoms. The molecule has 1 aromatic heterocycles.